The van der Waals surface area contributed by atoms with Gasteiger partial charge in [-0.25, -0.2) is 4.79 Å². The lowest BCUT2D eigenvalue weighted by Gasteiger charge is -2.40. The van der Waals surface area contributed by atoms with Crippen LogP contribution in [-0.2, 0) is 59.4 Å². The number of cyclic esters (lactones) is 1. The number of pyridine rings is 1. The van der Waals surface area contributed by atoms with Crippen LogP contribution in [0.3, 0.4) is 0 Å². The molecule has 2 aromatic heterocycles. The molecule has 2 saturated heterocycles. The van der Waals surface area contributed by atoms with Crippen molar-refractivity contribution in [3.05, 3.63) is 84.2 Å². The predicted octanol–water partition coefficient (Wildman–Crippen LogP) is 3.35. The number of esters is 1. The van der Waals surface area contributed by atoms with Crippen LogP contribution in [0.4, 0.5) is 0 Å². The molecule has 68 heavy (non-hydrogen) atoms. The highest BCUT2D eigenvalue weighted by Crippen LogP contribution is 2.41. The van der Waals surface area contributed by atoms with E-state index in [-0.39, 0.29) is 70.8 Å². The third kappa shape index (κ3) is 9.83. The summed E-state index contributed by atoms with van der Waals surface area (Å²) in [5.74, 6) is -4.35. The number of hydrazine groups is 1. The van der Waals surface area contributed by atoms with Crippen molar-refractivity contribution in [2.75, 3.05) is 40.4 Å². The van der Waals surface area contributed by atoms with Gasteiger partial charge in [0.1, 0.15) is 24.4 Å². The molecule has 7 rings (SSSR count). The van der Waals surface area contributed by atoms with Gasteiger partial charge in [-0.1, -0.05) is 46.4 Å². The third-order valence-electron chi connectivity index (χ3n) is 13.1. The zero-order valence-corrected chi connectivity index (χ0v) is 39.4. The predicted molar refractivity (Wildman–Crippen MR) is 249 cm³/mol. The number of aromatic nitrogens is 2. The van der Waals surface area contributed by atoms with E-state index in [1.54, 1.807) is 39.3 Å². The van der Waals surface area contributed by atoms with Crippen molar-refractivity contribution in [2.45, 2.75) is 96.4 Å². The second kappa shape index (κ2) is 19.5. The maximum absolute atomic E-state index is 14.7. The summed E-state index contributed by atoms with van der Waals surface area (Å²) in [7, 11) is 2.96. The number of aliphatic hydroxyl groups is 2. The highest BCUT2D eigenvalue weighted by atomic mass is 16.6. The topological polar surface area (TPSA) is 240 Å². The lowest BCUT2D eigenvalue weighted by molar-refractivity contribution is -0.189. The van der Waals surface area contributed by atoms with Crippen LogP contribution in [0.2, 0.25) is 0 Å². The highest BCUT2D eigenvalue weighted by Gasteiger charge is 2.49. The molecule has 360 valence electrons. The van der Waals surface area contributed by atoms with Gasteiger partial charge in [0.05, 0.1) is 37.2 Å². The number of rotatable bonds is 10. The average Bonchev–Trinajstić information content (AvgIpc) is 3.84. The fourth-order valence-corrected chi connectivity index (χ4v) is 9.79. The molecular weight excluding hydrogens is 873 g/mol. The first kappa shape index (κ1) is 49.3. The van der Waals surface area contributed by atoms with Gasteiger partial charge >= 0.3 is 5.97 Å². The minimum Gasteiger partial charge on any atom is -0.508 e. The monoisotopic (exact) mass is 932 g/mol. The highest BCUT2D eigenvalue weighted by molar-refractivity contribution is 5.97. The van der Waals surface area contributed by atoms with Crippen molar-refractivity contribution < 1.29 is 48.8 Å². The minimum atomic E-state index is -2.33. The molecule has 18 nitrogen and oxygen atoms in total. The van der Waals surface area contributed by atoms with Crippen LogP contribution < -0.4 is 10.7 Å². The fourth-order valence-electron chi connectivity index (χ4n) is 9.79. The van der Waals surface area contributed by atoms with E-state index in [1.807, 2.05) is 48.7 Å². The molecule has 4 amide bonds. The number of carbonyl (C=O) groups excluding carboxylic acids is 5. The first-order chi connectivity index (χ1) is 32.2. The number of nitrogens with zero attached hydrogens (tertiary/aromatic N) is 6. The van der Waals surface area contributed by atoms with Gasteiger partial charge in [-0.3, -0.25) is 29.2 Å². The van der Waals surface area contributed by atoms with Gasteiger partial charge in [-0.2, -0.15) is 10.7 Å². The molecule has 6 bridgehead atoms. The van der Waals surface area contributed by atoms with Crippen molar-refractivity contribution in [2.24, 2.45) is 11.3 Å². The lowest BCUT2D eigenvalue weighted by atomic mass is 9.84. The van der Waals surface area contributed by atoms with E-state index in [1.165, 1.54) is 18.0 Å². The second-order valence-corrected chi connectivity index (χ2v) is 19.2. The Labute approximate surface area is 395 Å². The number of hydrogen-bond donors (Lipinski definition) is 5. The van der Waals surface area contributed by atoms with Gasteiger partial charge in [0, 0.05) is 74.6 Å². The number of carbonyl (C=O) groups is 5. The molecule has 2 aromatic carbocycles. The molecule has 5 N–H and O–H groups in total. The number of amides is 4. The summed E-state index contributed by atoms with van der Waals surface area (Å²) in [6.07, 6.45) is 2.94. The van der Waals surface area contributed by atoms with Gasteiger partial charge < -0.3 is 44.5 Å². The number of methoxy groups -OCH3 is 1. The molecule has 4 aromatic rings. The summed E-state index contributed by atoms with van der Waals surface area (Å²) >= 11 is 0. The van der Waals surface area contributed by atoms with Crippen molar-refractivity contribution in [3.8, 4) is 34.2 Å². The third-order valence-corrected chi connectivity index (χ3v) is 13.1. The molecule has 0 spiro atoms. The molecule has 0 unspecified atom stereocenters. The summed E-state index contributed by atoms with van der Waals surface area (Å²) < 4.78 is 13.4. The molecule has 3 aliphatic rings. The maximum atomic E-state index is 14.7. The summed E-state index contributed by atoms with van der Waals surface area (Å²) in [5.41, 5.74) is 3.05. The largest absolute Gasteiger partial charge is 0.508 e. The second-order valence-electron chi connectivity index (χ2n) is 19.2. The van der Waals surface area contributed by atoms with Crippen LogP contribution >= 0.6 is 0 Å². The van der Waals surface area contributed by atoms with E-state index in [9.17, 15) is 44.6 Å². The van der Waals surface area contributed by atoms with Crippen molar-refractivity contribution >= 4 is 40.5 Å². The van der Waals surface area contributed by atoms with E-state index < -0.39 is 64.3 Å². The number of nitriles is 1. The lowest BCUT2D eigenvalue weighted by Crippen LogP contribution is -2.67. The van der Waals surface area contributed by atoms with Crippen molar-refractivity contribution in [3.63, 3.8) is 0 Å². The molecule has 0 aliphatic carbocycles. The normalized spacial score (nSPS) is 22.3. The molecule has 4 atom stereocenters. The van der Waals surface area contributed by atoms with E-state index >= 15 is 0 Å². The summed E-state index contributed by atoms with van der Waals surface area (Å²) in [6, 6.07) is 14.0. The molecule has 0 radical (unpaired) electrons. The van der Waals surface area contributed by atoms with Gasteiger partial charge in [-0.05, 0) is 83.5 Å². The Balaban J connectivity index is 1.33. The smallest absolute Gasteiger partial charge is 0.355 e. The van der Waals surface area contributed by atoms with E-state index in [2.05, 4.69) is 28.4 Å². The van der Waals surface area contributed by atoms with Gasteiger partial charge in [-0.15, -0.1) is 0 Å². The van der Waals surface area contributed by atoms with E-state index in [4.69, 9.17) is 9.47 Å². The average molecular weight is 933 g/mol. The van der Waals surface area contributed by atoms with Crippen LogP contribution in [0.5, 0.6) is 5.75 Å². The fraction of sp³-hybridized carbons (Fsp3) is 0.460. The number of fused-ring (bicyclic) bond motifs is 6. The zero-order valence-electron chi connectivity index (χ0n) is 39.4. The number of ether oxygens (including phenoxy) is 2. The number of aromatic hydroxyl groups is 1. The van der Waals surface area contributed by atoms with Crippen molar-refractivity contribution in [1.82, 2.24) is 35.1 Å². The molecule has 5 heterocycles. The number of phenols is 1. The Morgan fingerprint density at radius 1 is 1.12 bits per heavy atom. The standard InChI is InChI=1S/C50H60N8O10/c1-8-41(60)56-19-15-49(65,28-56)46(63)55(6)42(30(2)3)44(61)53-38-23-31-21-33(24-34(59)22-31)32-12-13-40-36(25-32)37(43(57(40)20-16-51)35-11-9-17-52-39(35)27-67-7)26-48(4,5)29-68-47(64)50(66)14-10-18-58(54-50)45(38)62/h8-9,11-13,17,21-22,24-25,30,38,42,54,59,65-66H,1,10,14-15,18-20,23,26-29H2,2-7H3,(H,53,61)/t38-,42-,49+,50-/m0/s1. The van der Waals surface area contributed by atoms with E-state index in [0.717, 1.165) is 43.7 Å². The Morgan fingerprint density at radius 3 is 2.59 bits per heavy atom. The van der Waals surface area contributed by atoms with Gasteiger partial charge in [0.2, 0.25) is 17.5 Å². The first-order valence-corrected chi connectivity index (χ1v) is 22.7. The Hall–Kier alpha value is -6.65. The zero-order chi connectivity index (χ0) is 49.3. The number of hydrogen-bond acceptors (Lipinski definition) is 13. The number of phenolic OH excluding ortho intramolecular Hbond substituents is 1. The van der Waals surface area contributed by atoms with Crippen LogP contribution in [0.1, 0.15) is 63.8 Å². The molecule has 3 aliphatic heterocycles. The van der Waals surface area contributed by atoms with Crippen molar-refractivity contribution in [1.29, 1.82) is 5.26 Å². The number of β-amino-alcohol motifs (C(OH)–C–C–N with tert-alkyl or cyclic N) is 1. The Kier molecular flexibility index (Phi) is 14.1. The molecule has 18 heteroatoms. The number of nitrogens with one attached hydrogen (secondary N) is 2. The summed E-state index contributed by atoms with van der Waals surface area (Å²) in [6.45, 7) is 10.6. The Morgan fingerprint density at radius 2 is 1.88 bits per heavy atom. The molecular formula is C50H60N8O10. The molecule has 0 saturated carbocycles. The van der Waals surface area contributed by atoms with Crippen LogP contribution in [0, 0.1) is 22.7 Å². The molecule has 2 fully saturated rings. The summed E-state index contributed by atoms with van der Waals surface area (Å²) in [5, 5.41) is 49.5. The first-order valence-electron chi connectivity index (χ1n) is 22.7. The maximum Gasteiger partial charge on any atom is 0.355 e. The van der Waals surface area contributed by atoms with Crippen LogP contribution in [0.15, 0.2) is 67.4 Å². The minimum absolute atomic E-state index is 0.00758. The quantitative estimate of drug-likeness (QED) is 0.113. The van der Waals surface area contributed by atoms with Gasteiger partial charge in [0.15, 0.2) is 5.60 Å². The van der Waals surface area contributed by atoms with Crippen LogP contribution in [-0.4, -0.2) is 133 Å². The number of benzene rings is 2. The summed E-state index contributed by atoms with van der Waals surface area (Å²) in [4.78, 5) is 76.6. The van der Waals surface area contributed by atoms with E-state index in [0.29, 0.717) is 28.8 Å². The number of likely N-dealkylation sites (N-methyl/N-ethyl adjacent to an activating group) is 1. The number of likely N-dealkylation sites (tertiary alicyclic amines) is 1. The van der Waals surface area contributed by atoms with Crippen LogP contribution in [0.25, 0.3) is 33.3 Å². The van der Waals surface area contributed by atoms with Gasteiger partial charge in [0.25, 0.3) is 11.8 Å². The SMILES string of the molecule is C=CC(=O)N1CC[C@](O)(C(=O)N(C)[C@H](C(=O)N[C@H]2Cc3cc(O)cc(c3)-c3ccc4c(c3)c(c(-c3cccnc3COC)n4CC#N)CC(C)(C)COC(=O)[C@@]3(O)CCCN(N3)C2=O)C(C)C)C1. The Bertz CT molecular complexity index is 2690.